The van der Waals surface area contributed by atoms with Crippen LogP contribution in [0, 0.1) is 0 Å². The van der Waals surface area contributed by atoms with E-state index in [2.05, 4.69) is 0 Å². The van der Waals surface area contributed by atoms with E-state index >= 15 is 0 Å². The summed E-state index contributed by atoms with van der Waals surface area (Å²) in [4.78, 5) is 11.7. The first kappa shape index (κ1) is 13.2. The van der Waals surface area contributed by atoms with Crippen LogP contribution in [0.25, 0.3) is 0 Å². The van der Waals surface area contributed by atoms with Crippen LogP contribution < -0.4 is 0 Å². The maximum absolute atomic E-state index is 11.7. The van der Waals surface area contributed by atoms with Gasteiger partial charge in [-0.2, -0.15) is 0 Å². The monoisotopic (exact) mass is 278 g/mol. The minimum absolute atomic E-state index is 0.0326. The summed E-state index contributed by atoms with van der Waals surface area (Å²) in [6.45, 7) is 3.36. The molecule has 1 aliphatic heterocycles. The number of aliphatic hydroxyl groups is 1. The molecule has 0 bridgehead atoms. The van der Waals surface area contributed by atoms with E-state index in [1.165, 1.54) is 6.92 Å². The van der Waals surface area contributed by atoms with Crippen LogP contribution >= 0.6 is 0 Å². The quantitative estimate of drug-likeness (QED) is 0.497. The lowest BCUT2D eigenvalue weighted by molar-refractivity contribution is -0.169. The van der Waals surface area contributed by atoms with E-state index in [9.17, 15) is 20.1 Å². The summed E-state index contributed by atoms with van der Waals surface area (Å²) >= 11 is 0. The Morgan fingerprint density at radius 1 is 1.25 bits per heavy atom. The van der Waals surface area contributed by atoms with E-state index in [-0.39, 0.29) is 23.8 Å². The highest BCUT2D eigenvalue weighted by Gasteiger charge is 2.45. The Morgan fingerprint density at radius 3 is 2.65 bits per heavy atom. The van der Waals surface area contributed by atoms with Crippen molar-refractivity contribution in [3.05, 3.63) is 22.3 Å². The second-order valence-corrected chi connectivity index (χ2v) is 5.88. The molecule has 5 heteroatoms. The number of fused-ring (bicyclic) bond motifs is 3. The zero-order valence-corrected chi connectivity index (χ0v) is 11.6. The number of carbonyl (C=O) groups is 1. The third-order valence-corrected chi connectivity index (χ3v) is 4.49. The van der Waals surface area contributed by atoms with Crippen LogP contribution in [0.3, 0.4) is 0 Å². The molecule has 1 aromatic rings. The Labute approximate surface area is 116 Å². The van der Waals surface area contributed by atoms with Crippen molar-refractivity contribution in [3.63, 3.8) is 0 Å². The lowest BCUT2D eigenvalue weighted by Crippen LogP contribution is -2.39. The summed E-state index contributed by atoms with van der Waals surface area (Å²) < 4.78 is 5.05. The molecule has 0 saturated carbocycles. The number of hydrogen-bond acceptors (Lipinski definition) is 5. The van der Waals surface area contributed by atoms with Gasteiger partial charge >= 0.3 is 5.97 Å². The van der Waals surface area contributed by atoms with Crippen LogP contribution in [0.15, 0.2) is 0 Å². The van der Waals surface area contributed by atoms with Gasteiger partial charge in [0, 0.05) is 16.7 Å². The molecule has 108 valence electrons. The number of esters is 1. The van der Waals surface area contributed by atoms with Crippen molar-refractivity contribution >= 4 is 5.97 Å². The number of phenolic OH excluding ortho intramolecular Hbond substituents is 2. The minimum atomic E-state index is -1.93. The van der Waals surface area contributed by atoms with Gasteiger partial charge in [0.15, 0.2) is 17.1 Å². The number of aromatic hydroxyl groups is 2. The lowest BCUT2D eigenvalue weighted by Gasteiger charge is -2.35. The van der Waals surface area contributed by atoms with Crippen molar-refractivity contribution in [3.8, 4) is 11.5 Å². The van der Waals surface area contributed by atoms with Gasteiger partial charge in [0.25, 0.3) is 0 Å². The molecule has 1 aliphatic carbocycles. The van der Waals surface area contributed by atoms with Gasteiger partial charge in [-0.25, -0.2) is 4.79 Å². The number of rotatable bonds is 0. The molecule has 5 nitrogen and oxygen atoms in total. The summed E-state index contributed by atoms with van der Waals surface area (Å²) in [5, 5.41) is 30.8. The lowest BCUT2D eigenvalue weighted by atomic mass is 9.75. The van der Waals surface area contributed by atoms with E-state index < -0.39 is 17.3 Å². The van der Waals surface area contributed by atoms with Crippen molar-refractivity contribution in [1.29, 1.82) is 0 Å². The first-order chi connectivity index (χ1) is 9.35. The molecule has 1 aromatic carbocycles. The van der Waals surface area contributed by atoms with Crippen molar-refractivity contribution in [2.45, 2.75) is 51.2 Å². The fourth-order valence-corrected chi connectivity index (χ4v) is 3.48. The Balaban J connectivity index is 2.37. The second-order valence-electron chi connectivity index (χ2n) is 5.88. The molecule has 2 aliphatic rings. The standard InChI is InChI=1S/C15H18O5/c1-7-4-3-5-8-10(7)9-6-20-14(18)15(2,19)11(9)13(17)12(8)16/h7,16-17,19H,3-6H2,1-2H3/t7-,15?/m0/s1. The number of cyclic esters (lactones) is 1. The third-order valence-electron chi connectivity index (χ3n) is 4.49. The van der Waals surface area contributed by atoms with E-state index in [1.807, 2.05) is 6.92 Å². The fourth-order valence-electron chi connectivity index (χ4n) is 3.48. The van der Waals surface area contributed by atoms with Gasteiger partial charge in [-0.05, 0) is 37.7 Å². The maximum Gasteiger partial charge on any atom is 0.343 e. The van der Waals surface area contributed by atoms with Gasteiger partial charge in [0.2, 0.25) is 0 Å². The Morgan fingerprint density at radius 2 is 1.95 bits per heavy atom. The average molecular weight is 278 g/mol. The summed E-state index contributed by atoms with van der Waals surface area (Å²) in [5.41, 5.74) is 0.440. The SMILES string of the molecule is C[C@H]1CCCc2c(O)c(O)c3c(c21)COC(=O)C3(C)O. The molecular weight excluding hydrogens is 260 g/mol. The summed E-state index contributed by atoms with van der Waals surface area (Å²) in [6.07, 6.45) is 2.60. The first-order valence-electron chi connectivity index (χ1n) is 6.85. The molecule has 3 rings (SSSR count). The number of benzene rings is 1. The predicted molar refractivity (Wildman–Crippen MR) is 70.5 cm³/mol. The van der Waals surface area contributed by atoms with Crippen LogP contribution in [0.5, 0.6) is 11.5 Å². The molecule has 3 N–H and O–H groups in total. The molecule has 2 atom stereocenters. The zero-order chi connectivity index (χ0) is 14.7. The van der Waals surface area contributed by atoms with Gasteiger partial charge in [0.1, 0.15) is 6.61 Å². The number of phenols is 2. The van der Waals surface area contributed by atoms with Crippen molar-refractivity contribution in [2.24, 2.45) is 0 Å². The molecule has 1 heterocycles. The summed E-state index contributed by atoms with van der Waals surface area (Å²) in [6, 6.07) is 0. The van der Waals surface area contributed by atoms with Crippen LogP contribution in [0.1, 0.15) is 54.9 Å². The van der Waals surface area contributed by atoms with E-state index in [0.717, 1.165) is 18.4 Å². The normalized spacial score (nSPS) is 28.6. The maximum atomic E-state index is 11.7. The van der Waals surface area contributed by atoms with Crippen LogP contribution in [-0.4, -0.2) is 21.3 Å². The molecule has 0 spiro atoms. The highest BCUT2D eigenvalue weighted by molar-refractivity contribution is 5.85. The highest BCUT2D eigenvalue weighted by atomic mass is 16.6. The number of carbonyl (C=O) groups excluding carboxylic acids is 1. The van der Waals surface area contributed by atoms with Crippen LogP contribution in [-0.2, 0) is 28.2 Å². The van der Waals surface area contributed by atoms with E-state index in [0.29, 0.717) is 17.5 Å². The topological polar surface area (TPSA) is 87.0 Å². The highest BCUT2D eigenvalue weighted by Crippen LogP contribution is 2.50. The molecule has 0 radical (unpaired) electrons. The fraction of sp³-hybridized carbons (Fsp3) is 0.533. The smallest absolute Gasteiger partial charge is 0.343 e. The van der Waals surface area contributed by atoms with Gasteiger partial charge < -0.3 is 20.1 Å². The summed E-state index contributed by atoms with van der Waals surface area (Å²) in [7, 11) is 0. The van der Waals surface area contributed by atoms with Crippen LogP contribution in [0.2, 0.25) is 0 Å². The second kappa shape index (κ2) is 4.12. The minimum Gasteiger partial charge on any atom is -0.504 e. The predicted octanol–water partition coefficient (Wildman–Crippen LogP) is 1.80. The molecule has 1 unspecified atom stereocenters. The third kappa shape index (κ3) is 1.56. The number of ether oxygens (including phenoxy) is 1. The molecular formula is C15H18O5. The Kier molecular flexibility index (Phi) is 2.73. The van der Waals surface area contributed by atoms with Gasteiger partial charge in [-0.3, -0.25) is 0 Å². The van der Waals surface area contributed by atoms with Crippen molar-refractivity contribution in [2.75, 3.05) is 0 Å². The zero-order valence-electron chi connectivity index (χ0n) is 11.6. The Bertz CT molecular complexity index is 603. The van der Waals surface area contributed by atoms with E-state index in [1.54, 1.807) is 0 Å². The van der Waals surface area contributed by atoms with Gasteiger partial charge in [-0.1, -0.05) is 6.92 Å². The Hall–Kier alpha value is -1.75. The number of hydrogen-bond donors (Lipinski definition) is 3. The first-order valence-corrected chi connectivity index (χ1v) is 6.85. The van der Waals surface area contributed by atoms with Gasteiger partial charge in [-0.15, -0.1) is 0 Å². The molecule has 20 heavy (non-hydrogen) atoms. The van der Waals surface area contributed by atoms with E-state index in [4.69, 9.17) is 4.74 Å². The van der Waals surface area contributed by atoms with Crippen LogP contribution in [0.4, 0.5) is 0 Å². The van der Waals surface area contributed by atoms with Crippen molar-refractivity contribution < 1.29 is 24.9 Å². The molecule has 0 saturated heterocycles. The molecule has 0 fully saturated rings. The average Bonchev–Trinajstić information content (AvgIpc) is 2.39. The summed E-state index contributed by atoms with van der Waals surface area (Å²) in [5.74, 6) is -1.20. The van der Waals surface area contributed by atoms with Crippen molar-refractivity contribution in [1.82, 2.24) is 0 Å². The van der Waals surface area contributed by atoms with Gasteiger partial charge in [0.05, 0.1) is 0 Å². The molecule has 0 amide bonds. The molecule has 0 aromatic heterocycles. The largest absolute Gasteiger partial charge is 0.504 e.